The molecule has 1 aromatic carbocycles. The van der Waals surface area contributed by atoms with Gasteiger partial charge in [0, 0.05) is 18.8 Å². The van der Waals surface area contributed by atoms with Gasteiger partial charge in [0.25, 0.3) is 5.91 Å². The van der Waals surface area contributed by atoms with E-state index in [1.54, 1.807) is 19.2 Å². The van der Waals surface area contributed by atoms with Gasteiger partial charge < -0.3 is 15.7 Å². The summed E-state index contributed by atoms with van der Waals surface area (Å²) < 4.78 is 0. The van der Waals surface area contributed by atoms with E-state index in [0.717, 1.165) is 0 Å². The summed E-state index contributed by atoms with van der Waals surface area (Å²) in [5.74, 6) is -0.274. The molecule has 3 N–H and O–H groups in total. The van der Waals surface area contributed by atoms with Gasteiger partial charge in [0.2, 0.25) is 0 Å². The summed E-state index contributed by atoms with van der Waals surface area (Å²) in [6, 6.07) is 7.82. The van der Waals surface area contributed by atoms with E-state index in [9.17, 15) is 9.90 Å². The third-order valence-corrected chi connectivity index (χ3v) is 2.91. The molecule has 1 aromatic heterocycles. The van der Waals surface area contributed by atoms with Crippen LogP contribution in [-0.4, -0.2) is 23.0 Å². The maximum Gasteiger partial charge on any atom is 0.261 e. The second-order valence-electron chi connectivity index (χ2n) is 3.99. The molecule has 19 heavy (non-hydrogen) atoms. The van der Waals surface area contributed by atoms with Gasteiger partial charge in [0.05, 0.1) is 17.4 Å². The number of nitrogens with two attached hydrogens (primary N) is 1. The Bertz CT molecular complexity index is 631. The van der Waals surface area contributed by atoms with Crippen molar-refractivity contribution in [3.8, 4) is 5.75 Å². The Morgan fingerprint density at radius 2 is 2.16 bits per heavy atom. The summed E-state index contributed by atoms with van der Waals surface area (Å²) in [5, 5.41) is 9.51. The van der Waals surface area contributed by atoms with Crippen molar-refractivity contribution >= 4 is 28.9 Å². The van der Waals surface area contributed by atoms with Crippen LogP contribution in [0.15, 0.2) is 36.5 Å². The van der Waals surface area contributed by atoms with Gasteiger partial charge in [-0.1, -0.05) is 17.7 Å². The number of hydrogen-bond donors (Lipinski definition) is 2. The Morgan fingerprint density at radius 1 is 1.42 bits per heavy atom. The van der Waals surface area contributed by atoms with Crippen molar-refractivity contribution in [2.24, 2.45) is 0 Å². The van der Waals surface area contributed by atoms with E-state index in [0.29, 0.717) is 11.4 Å². The van der Waals surface area contributed by atoms with Crippen LogP contribution in [0.1, 0.15) is 10.4 Å². The molecule has 0 aliphatic carbocycles. The van der Waals surface area contributed by atoms with E-state index in [4.69, 9.17) is 17.3 Å². The van der Waals surface area contributed by atoms with Crippen LogP contribution in [0.25, 0.3) is 0 Å². The van der Waals surface area contributed by atoms with Gasteiger partial charge >= 0.3 is 0 Å². The molecule has 0 saturated heterocycles. The minimum Gasteiger partial charge on any atom is -0.508 e. The molecule has 1 heterocycles. The Morgan fingerprint density at radius 3 is 2.84 bits per heavy atom. The van der Waals surface area contributed by atoms with Crippen molar-refractivity contribution in [2.75, 3.05) is 17.7 Å². The third kappa shape index (κ3) is 2.77. The maximum absolute atomic E-state index is 12.3. The topological polar surface area (TPSA) is 79.5 Å². The zero-order valence-corrected chi connectivity index (χ0v) is 10.9. The number of aromatic nitrogens is 1. The number of halogens is 1. The van der Waals surface area contributed by atoms with Gasteiger partial charge in [-0.3, -0.25) is 4.79 Å². The SMILES string of the molecule is CN(C(=O)c1cc(N)cnc1Cl)c1cccc(O)c1. The van der Waals surface area contributed by atoms with E-state index in [-0.39, 0.29) is 22.4 Å². The molecule has 0 fully saturated rings. The predicted octanol–water partition coefficient (Wildman–Crippen LogP) is 2.30. The quantitative estimate of drug-likeness (QED) is 0.826. The molecular formula is C13H12ClN3O2. The number of pyridine rings is 1. The molecule has 0 bridgehead atoms. The van der Waals surface area contributed by atoms with Crippen LogP contribution < -0.4 is 10.6 Å². The molecule has 0 aliphatic heterocycles. The number of nitrogens with zero attached hydrogens (tertiary/aromatic N) is 2. The van der Waals surface area contributed by atoms with Gasteiger partial charge in [0.15, 0.2) is 0 Å². The van der Waals surface area contributed by atoms with Gasteiger partial charge in [-0.05, 0) is 18.2 Å². The smallest absolute Gasteiger partial charge is 0.261 e. The highest BCUT2D eigenvalue weighted by atomic mass is 35.5. The number of carbonyl (C=O) groups is 1. The number of carbonyl (C=O) groups excluding carboxylic acids is 1. The molecule has 98 valence electrons. The van der Waals surface area contributed by atoms with Crippen molar-refractivity contribution in [3.05, 3.63) is 47.2 Å². The highest BCUT2D eigenvalue weighted by molar-refractivity contribution is 6.33. The average molecular weight is 278 g/mol. The van der Waals surface area contributed by atoms with Gasteiger partial charge in [-0.15, -0.1) is 0 Å². The van der Waals surface area contributed by atoms with Crippen LogP contribution in [0.5, 0.6) is 5.75 Å². The molecule has 0 saturated carbocycles. The molecule has 0 unspecified atom stereocenters. The molecule has 0 radical (unpaired) electrons. The van der Waals surface area contributed by atoms with E-state index in [1.165, 1.54) is 29.3 Å². The van der Waals surface area contributed by atoms with Crippen LogP contribution >= 0.6 is 11.6 Å². The standard InChI is InChI=1S/C13H12ClN3O2/c1-17(9-3-2-4-10(18)6-9)13(19)11-5-8(15)7-16-12(11)14/h2-7,18H,15H2,1H3. The minimum atomic E-state index is -0.351. The van der Waals surface area contributed by atoms with E-state index in [2.05, 4.69) is 4.98 Å². The molecule has 0 spiro atoms. The first-order chi connectivity index (χ1) is 8.99. The van der Waals surface area contributed by atoms with Gasteiger partial charge in [-0.2, -0.15) is 0 Å². The molecule has 2 rings (SSSR count). The summed E-state index contributed by atoms with van der Waals surface area (Å²) in [7, 11) is 1.58. The minimum absolute atomic E-state index is 0.0777. The summed E-state index contributed by atoms with van der Waals surface area (Å²) >= 11 is 5.89. The van der Waals surface area contributed by atoms with Crippen molar-refractivity contribution < 1.29 is 9.90 Å². The lowest BCUT2D eigenvalue weighted by atomic mass is 10.2. The number of anilines is 2. The molecular weight excluding hydrogens is 266 g/mol. The monoisotopic (exact) mass is 277 g/mol. The lowest BCUT2D eigenvalue weighted by Gasteiger charge is -2.18. The van der Waals surface area contributed by atoms with E-state index in [1.807, 2.05) is 0 Å². The first-order valence-corrected chi connectivity index (χ1v) is 5.85. The Balaban J connectivity index is 2.36. The molecule has 1 amide bonds. The Kier molecular flexibility index (Phi) is 3.57. The molecule has 0 aliphatic rings. The number of phenolic OH excluding ortho intramolecular Hbond substituents is 1. The number of aromatic hydroxyl groups is 1. The normalized spacial score (nSPS) is 10.2. The summed E-state index contributed by atoms with van der Waals surface area (Å²) in [4.78, 5) is 17.5. The van der Waals surface area contributed by atoms with Crippen LogP contribution in [0.4, 0.5) is 11.4 Å². The number of rotatable bonds is 2. The second kappa shape index (κ2) is 5.16. The number of hydrogen-bond acceptors (Lipinski definition) is 4. The van der Waals surface area contributed by atoms with Crippen molar-refractivity contribution in [2.45, 2.75) is 0 Å². The van der Waals surface area contributed by atoms with Gasteiger partial charge in [-0.25, -0.2) is 4.98 Å². The Hall–Kier alpha value is -2.27. The summed E-state index contributed by atoms with van der Waals surface area (Å²) in [6.45, 7) is 0. The number of amides is 1. The molecule has 6 heteroatoms. The number of phenols is 1. The number of benzene rings is 1. The first kappa shape index (κ1) is 13.2. The summed E-state index contributed by atoms with van der Waals surface area (Å²) in [5.41, 5.74) is 6.71. The van der Waals surface area contributed by atoms with Crippen LogP contribution in [0.3, 0.4) is 0 Å². The maximum atomic E-state index is 12.3. The highest BCUT2D eigenvalue weighted by Gasteiger charge is 2.18. The fourth-order valence-corrected chi connectivity index (χ4v) is 1.80. The van der Waals surface area contributed by atoms with E-state index < -0.39 is 0 Å². The van der Waals surface area contributed by atoms with Crippen LogP contribution in [0.2, 0.25) is 5.15 Å². The largest absolute Gasteiger partial charge is 0.508 e. The number of nitrogen functional groups attached to an aromatic ring is 1. The Labute approximate surface area is 115 Å². The molecule has 5 nitrogen and oxygen atoms in total. The lowest BCUT2D eigenvalue weighted by molar-refractivity contribution is 0.0993. The zero-order chi connectivity index (χ0) is 14.0. The second-order valence-corrected chi connectivity index (χ2v) is 4.35. The molecule has 0 atom stereocenters. The third-order valence-electron chi connectivity index (χ3n) is 2.61. The van der Waals surface area contributed by atoms with Crippen LogP contribution in [-0.2, 0) is 0 Å². The fraction of sp³-hybridized carbons (Fsp3) is 0.0769. The van der Waals surface area contributed by atoms with Crippen molar-refractivity contribution in [1.29, 1.82) is 0 Å². The molecule has 2 aromatic rings. The summed E-state index contributed by atoms with van der Waals surface area (Å²) in [6.07, 6.45) is 1.38. The fourth-order valence-electron chi connectivity index (χ4n) is 1.61. The predicted molar refractivity (Wildman–Crippen MR) is 74.5 cm³/mol. The average Bonchev–Trinajstić information content (AvgIpc) is 2.40. The van der Waals surface area contributed by atoms with Crippen LogP contribution in [0, 0.1) is 0 Å². The van der Waals surface area contributed by atoms with Gasteiger partial charge in [0.1, 0.15) is 10.9 Å². The first-order valence-electron chi connectivity index (χ1n) is 5.47. The van der Waals surface area contributed by atoms with Crippen molar-refractivity contribution in [3.63, 3.8) is 0 Å². The zero-order valence-electron chi connectivity index (χ0n) is 10.2. The van der Waals surface area contributed by atoms with Crippen molar-refractivity contribution in [1.82, 2.24) is 4.98 Å². The highest BCUT2D eigenvalue weighted by Crippen LogP contribution is 2.23. The lowest BCUT2D eigenvalue weighted by Crippen LogP contribution is -2.26. The van der Waals surface area contributed by atoms with E-state index >= 15 is 0 Å².